The molecular formula is C30H38N4O9S. The number of nitrogens with two attached hydrogens (primary N) is 1. The maximum Gasteiger partial charge on any atom is 0.303 e. The SMILES string of the molecule is CC(=O)c1cc(CC(N)C(=O)NC(C(=O)NC(C)C(=O)NC(=CCCC(=O)O)S(=O)(=O)c2ccccc2)C(C)C)ccc1O. The molecule has 0 aliphatic rings. The summed E-state index contributed by atoms with van der Waals surface area (Å²) in [4.78, 5) is 61.5. The first-order valence-electron chi connectivity index (χ1n) is 13.8. The van der Waals surface area contributed by atoms with Gasteiger partial charge < -0.3 is 31.9 Å². The Morgan fingerprint density at radius 1 is 0.932 bits per heavy atom. The first-order valence-corrected chi connectivity index (χ1v) is 15.2. The smallest absolute Gasteiger partial charge is 0.303 e. The van der Waals surface area contributed by atoms with E-state index in [1.54, 1.807) is 19.9 Å². The van der Waals surface area contributed by atoms with Crippen molar-refractivity contribution < 1.29 is 42.6 Å². The van der Waals surface area contributed by atoms with E-state index in [1.807, 2.05) is 0 Å². The molecule has 0 radical (unpaired) electrons. The van der Waals surface area contributed by atoms with Crippen LogP contribution in [0.3, 0.4) is 0 Å². The average molecular weight is 631 g/mol. The highest BCUT2D eigenvalue weighted by Gasteiger charge is 2.30. The lowest BCUT2D eigenvalue weighted by Gasteiger charge is -2.25. The fourth-order valence-electron chi connectivity index (χ4n) is 4.01. The summed E-state index contributed by atoms with van der Waals surface area (Å²) < 4.78 is 26.3. The lowest BCUT2D eigenvalue weighted by molar-refractivity contribution is -0.137. The minimum Gasteiger partial charge on any atom is -0.507 e. The molecule has 13 nitrogen and oxygen atoms in total. The molecule has 3 unspecified atom stereocenters. The van der Waals surface area contributed by atoms with Crippen LogP contribution in [0.4, 0.5) is 0 Å². The first-order chi connectivity index (χ1) is 20.5. The van der Waals surface area contributed by atoms with Crippen LogP contribution in [-0.2, 0) is 35.4 Å². The number of sulfone groups is 1. The van der Waals surface area contributed by atoms with Gasteiger partial charge in [0.2, 0.25) is 27.6 Å². The summed E-state index contributed by atoms with van der Waals surface area (Å²) in [5.74, 6) is -4.45. The van der Waals surface area contributed by atoms with E-state index in [1.165, 1.54) is 56.3 Å². The van der Waals surface area contributed by atoms with Gasteiger partial charge in [-0.15, -0.1) is 0 Å². The number of amides is 3. The number of phenolic OH excluding ortho intramolecular Hbond substituents is 1. The predicted molar refractivity (Wildman–Crippen MR) is 161 cm³/mol. The van der Waals surface area contributed by atoms with Crippen LogP contribution in [0, 0.1) is 5.92 Å². The van der Waals surface area contributed by atoms with E-state index in [0.29, 0.717) is 5.56 Å². The number of carboxylic acid groups (broad SMARTS) is 1. The number of ketones is 1. The highest BCUT2D eigenvalue weighted by atomic mass is 32.2. The molecule has 0 saturated carbocycles. The minimum absolute atomic E-state index is 0.00448. The third-order valence-electron chi connectivity index (χ3n) is 6.51. The van der Waals surface area contributed by atoms with E-state index in [2.05, 4.69) is 16.0 Å². The number of carbonyl (C=O) groups excluding carboxylic acids is 4. The zero-order valence-electron chi connectivity index (χ0n) is 24.9. The Balaban J connectivity index is 2.13. The molecule has 2 rings (SSSR count). The summed E-state index contributed by atoms with van der Waals surface area (Å²) >= 11 is 0. The highest BCUT2D eigenvalue weighted by Crippen LogP contribution is 2.20. The number of hydrogen-bond donors (Lipinski definition) is 6. The summed E-state index contributed by atoms with van der Waals surface area (Å²) in [6, 6.07) is 8.02. The van der Waals surface area contributed by atoms with E-state index in [-0.39, 0.29) is 41.3 Å². The van der Waals surface area contributed by atoms with Crippen molar-refractivity contribution >= 4 is 39.3 Å². The van der Waals surface area contributed by atoms with Crippen LogP contribution in [0.2, 0.25) is 0 Å². The summed E-state index contributed by atoms with van der Waals surface area (Å²) in [5.41, 5.74) is 6.66. The molecule has 3 atom stereocenters. The Bertz CT molecular complexity index is 1520. The molecule has 0 saturated heterocycles. The number of phenols is 1. The maximum absolute atomic E-state index is 13.2. The van der Waals surface area contributed by atoms with Crippen LogP contribution in [-0.4, -0.2) is 66.2 Å². The molecule has 238 valence electrons. The van der Waals surface area contributed by atoms with Crippen LogP contribution >= 0.6 is 0 Å². The number of aliphatic carboxylic acids is 1. The molecule has 3 amide bonds. The zero-order valence-corrected chi connectivity index (χ0v) is 25.7. The van der Waals surface area contributed by atoms with Crippen molar-refractivity contribution in [2.45, 2.75) is 70.0 Å². The quantitative estimate of drug-likeness (QED) is 0.155. The van der Waals surface area contributed by atoms with Crippen molar-refractivity contribution in [1.82, 2.24) is 16.0 Å². The zero-order chi connectivity index (χ0) is 33.2. The van der Waals surface area contributed by atoms with Crippen molar-refractivity contribution in [1.29, 1.82) is 0 Å². The standard InChI is InChI=1S/C30H38N4O9S/c1-17(2)27(34-29(40)23(31)16-20-13-14-24(36)22(15-20)19(4)35)30(41)32-18(3)28(39)33-25(11-8-12-26(37)38)44(42,43)21-9-6-5-7-10-21/h5-7,9-11,13-15,17-18,23,27,36H,8,12,16,31H2,1-4H3,(H,32,41)(H,33,39)(H,34,40)(H,37,38). The van der Waals surface area contributed by atoms with Gasteiger partial charge in [-0.25, -0.2) is 8.42 Å². The van der Waals surface area contributed by atoms with E-state index in [0.717, 1.165) is 6.08 Å². The van der Waals surface area contributed by atoms with Crippen LogP contribution in [0.15, 0.2) is 64.5 Å². The second kappa shape index (κ2) is 15.8. The predicted octanol–water partition coefficient (Wildman–Crippen LogP) is 1.41. The van der Waals surface area contributed by atoms with Gasteiger partial charge in [-0.2, -0.15) is 0 Å². The van der Waals surface area contributed by atoms with Gasteiger partial charge in [0.1, 0.15) is 22.9 Å². The van der Waals surface area contributed by atoms with Crippen molar-refractivity contribution in [3.8, 4) is 5.75 Å². The highest BCUT2D eigenvalue weighted by molar-refractivity contribution is 7.95. The number of benzene rings is 2. The van der Waals surface area contributed by atoms with Gasteiger partial charge >= 0.3 is 5.97 Å². The lowest BCUT2D eigenvalue weighted by Crippen LogP contribution is -2.57. The number of rotatable bonds is 15. The maximum atomic E-state index is 13.2. The second-order valence-corrected chi connectivity index (χ2v) is 12.4. The number of carbonyl (C=O) groups is 5. The second-order valence-electron chi connectivity index (χ2n) is 10.5. The number of carboxylic acids is 1. The van der Waals surface area contributed by atoms with Crippen LogP contribution < -0.4 is 21.7 Å². The molecule has 2 aromatic carbocycles. The Morgan fingerprint density at radius 3 is 2.14 bits per heavy atom. The molecule has 14 heteroatoms. The van der Waals surface area contributed by atoms with E-state index in [4.69, 9.17) is 10.8 Å². The van der Waals surface area contributed by atoms with Crippen LogP contribution in [0.5, 0.6) is 5.75 Å². The number of Topliss-reactive ketones (excluding diaryl/α,β-unsaturated/α-hetero) is 1. The summed E-state index contributed by atoms with van der Waals surface area (Å²) in [6.45, 7) is 5.93. The number of nitrogens with one attached hydrogen (secondary N) is 3. The molecule has 0 fully saturated rings. The van der Waals surface area contributed by atoms with Crippen LogP contribution in [0.1, 0.15) is 56.5 Å². The molecule has 0 aliphatic heterocycles. The van der Waals surface area contributed by atoms with E-state index < -0.39 is 62.6 Å². The van der Waals surface area contributed by atoms with E-state index in [9.17, 15) is 37.5 Å². The molecule has 44 heavy (non-hydrogen) atoms. The Kier molecular flexibility index (Phi) is 12.8. The van der Waals surface area contributed by atoms with Crippen molar-refractivity contribution in [2.75, 3.05) is 0 Å². The largest absolute Gasteiger partial charge is 0.507 e. The monoisotopic (exact) mass is 630 g/mol. The van der Waals surface area contributed by atoms with Crippen molar-refractivity contribution in [2.24, 2.45) is 11.7 Å². The van der Waals surface area contributed by atoms with Crippen LogP contribution in [0.25, 0.3) is 0 Å². The average Bonchev–Trinajstić information content (AvgIpc) is 2.95. The van der Waals surface area contributed by atoms with Gasteiger partial charge in [0.05, 0.1) is 16.5 Å². The molecule has 0 aliphatic carbocycles. The molecule has 0 heterocycles. The van der Waals surface area contributed by atoms with Crippen molar-refractivity contribution in [3.05, 3.63) is 70.8 Å². The molecular weight excluding hydrogens is 592 g/mol. The number of aromatic hydroxyl groups is 1. The number of hydrogen-bond acceptors (Lipinski definition) is 9. The Morgan fingerprint density at radius 2 is 1.57 bits per heavy atom. The lowest BCUT2D eigenvalue weighted by atomic mass is 9.99. The first kappa shape index (κ1) is 35.6. The van der Waals surface area contributed by atoms with E-state index >= 15 is 0 Å². The van der Waals surface area contributed by atoms with Gasteiger partial charge in [-0.3, -0.25) is 24.0 Å². The van der Waals surface area contributed by atoms with Gasteiger partial charge in [0.25, 0.3) is 0 Å². The third kappa shape index (κ3) is 10.0. The topological polar surface area (TPSA) is 222 Å². The minimum atomic E-state index is -4.23. The fourth-order valence-corrected chi connectivity index (χ4v) is 5.36. The molecule has 7 N–H and O–H groups in total. The summed E-state index contributed by atoms with van der Waals surface area (Å²) in [7, 11) is -4.23. The van der Waals surface area contributed by atoms with Gasteiger partial charge in [0.15, 0.2) is 5.78 Å². The Labute approximate surface area is 255 Å². The summed E-state index contributed by atoms with van der Waals surface area (Å²) in [6.07, 6.45) is 0.539. The Hall–Kier alpha value is -4.56. The fraction of sp³-hybridized carbons (Fsp3) is 0.367. The van der Waals surface area contributed by atoms with Gasteiger partial charge in [-0.1, -0.05) is 38.1 Å². The van der Waals surface area contributed by atoms with Crippen molar-refractivity contribution in [3.63, 3.8) is 0 Å². The molecule has 0 bridgehead atoms. The normalized spacial score (nSPS) is 13.8. The molecule has 0 spiro atoms. The summed E-state index contributed by atoms with van der Waals surface area (Å²) in [5, 5.41) is 25.6. The molecule has 0 aromatic heterocycles. The van der Waals surface area contributed by atoms with Gasteiger partial charge in [-0.05, 0) is 68.5 Å². The number of allylic oxidation sites excluding steroid dienone is 1. The third-order valence-corrected chi connectivity index (χ3v) is 8.25. The van der Waals surface area contributed by atoms with Gasteiger partial charge in [0, 0.05) is 6.42 Å². The molecule has 2 aromatic rings.